The van der Waals surface area contributed by atoms with Crippen LogP contribution in [0, 0.1) is 12.8 Å². The molecule has 5 heteroatoms. The molecule has 0 spiro atoms. The van der Waals surface area contributed by atoms with Gasteiger partial charge in [-0.1, -0.05) is 19.9 Å². The van der Waals surface area contributed by atoms with Crippen LogP contribution < -0.4 is 4.74 Å². The normalized spacial score (nSPS) is 17.3. The number of benzene rings is 1. The van der Waals surface area contributed by atoms with E-state index in [9.17, 15) is 9.90 Å². The van der Waals surface area contributed by atoms with Gasteiger partial charge in [0.2, 0.25) is 0 Å². The lowest BCUT2D eigenvalue weighted by Crippen LogP contribution is -2.42. The van der Waals surface area contributed by atoms with Gasteiger partial charge in [0.25, 0.3) is 0 Å². The molecule has 1 aliphatic rings. The minimum absolute atomic E-state index is 0.00124. The maximum absolute atomic E-state index is 11.8. The molecular weight excluding hydrogens is 330 g/mol. The first-order valence-corrected chi connectivity index (χ1v) is 9.70. The highest BCUT2D eigenvalue weighted by Crippen LogP contribution is 2.23. The van der Waals surface area contributed by atoms with E-state index in [1.807, 2.05) is 13.0 Å². The number of piperidine rings is 1. The Hall–Kier alpha value is -1.59. The molecule has 146 valence electrons. The van der Waals surface area contributed by atoms with Crippen molar-refractivity contribution in [1.82, 2.24) is 4.90 Å². The van der Waals surface area contributed by atoms with Crippen molar-refractivity contribution in [2.75, 3.05) is 32.8 Å². The molecule has 1 unspecified atom stereocenters. The zero-order valence-corrected chi connectivity index (χ0v) is 16.5. The van der Waals surface area contributed by atoms with Gasteiger partial charge in [-0.2, -0.15) is 0 Å². The first-order chi connectivity index (χ1) is 12.4. The number of likely N-dealkylation sites (tertiary alicyclic amines) is 1. The first-order valence-electron chi connectivity index (χ1n) is 9.70. The minimum Gasteiger partial charge on any atom is -0.491 e. The number of β-amino-alcohol motifs (C(OH)–C–C–N with tert-alkyl or cyclic N) is 1. The van der Waals surface area contributed by atoms with Crippen LogP contribution in [-0.4, -0.2) is 54.9 Å². The van der Waals surface area contributed by atoms with Crippen LogP contribution in [0.25, 0.3) is 0 Å². The molecule has 0 aliphatic carbocycles. The van der Waals surface area contributed by atoms with E-state index >= 15 is 0 Å². The van der Waals surface area contributed by atoms with Gasteiger partial charge in [-0.25, -0.2) is 0 Å². The fraction of sp³-hybridized carbons (Fsp3) is 0.667. The van der Waals surface area contributed by atoms with Gasteiger partial charge < -0.3 is 19.5 Å². The van der Waals surface area contributed by atoms with Gasteiger partial charge in [0, 0.05) is 6.54 Å². The molecule has 0 amide bonds. The number of nitrogens with zero attached hydrogens (tertiary/aromatic N) is 1. The summed E-state index contributed by atoms with van der Waals surface area (Å²) in [6.07, 6.45) is 1.04. The smallest absolute Gasteiger partial charge is 0.309 e. The maximum atomic E-state index is 11.8. The highest BCUT2D eigenvalue weighted by molar-refractivity contribution is 5.72. The molecule has 26 heavy (non-hydrogen) atoms. The van der Waals surface area contributed by atoms with Crippen LogP contribution in [0.4, 0.5) is 0 Å². The highest BCUT2D eigenvalue weighted by atomic mass is 16.5. The fourth-order valence-electron chi connectivity index (χ4n) is 3.35. The number of carbonyl (C=O) groups excluding carboxylic acids is 1. The molecule has 5 nitrogen and oxygen atoms in total. The van der Waals surface area contributed by atoms with Gasteiger partial charge in [0.15, 0.2) is 0 Å². The summed E-state index contributed by atoms with van der Waals surface area (Å²) >= 11 is 0. The highest BCUT2D eigenvalue weighted by Gasteiger charge is 2.26. The Morgan fingerprint density at radius 1 is 1.27 bits per heavy atom. The summed E-state index contributed by atoms with van der Waals surface area (Å²) < 4.78 is 10.9. The van der Waals surface area contributed by atoms with Crippen molar-refractivity contribution >= 4 is 5.97 Å². The van der Waals surface area contributed by atoms with Crippen LogP contribution in [0.5, 0.6) is 5.75 Å². The van der Waals surface area contributed by atoms with E-state index in [1.54, 1.807) is 0 Å². The first kappa shape index (κ1) is 20.7. The molecule has 1 atom stereocenters. The molecule has 0 radical (unpaired) electrons. The standard InChI is InChI=1S/C21H33NO4/c1-5-25-21(24)17-6-8-22(9-7-17)13-19(23)14-26-20-11-16(4)10-18(12-20)15(2)3/h10-12,15,17,19,23H,5-9,13-14H2,1-4H3. The van der Waals surface area contributed by atoms with Crippen molar-refractivity contribution in [3.63, 3.8) is 0 Å². The number of esters is 1. The molecule has 0 aromatic heterocycles. The Kier molecular flexibility index (Phi) is 7.91. The predicted molar refractivity (Wildman–Crippen MR) is 103 cm³/mol. The summed E-state index contributed by atoms with van der Waals surface area (Å²) in [5.74, 6) is 1.18. The van der Waals surface area contributed by atoms with E-state index in [0.717, 1.165) is 31.7 Å². The van der Waals surface area contributed by atoms with Gasteiger partial charge in [0.05, 0.1) is 12.5 Å². The third-order valence-electron chi connectivity index (χ3n) is 4.86. The third kappa shape index (κ3) is 6.29. The summed E-state index contributed by atoms with van der Waals surface area (Å²) in [4.78, 5) is 14.0. The maximum Gasteiger partial charge on any atom is 0.309 e. The summed E-state index contributed by atoms with van der Waals surface area (Å²) in [7, 11) is 0. The molecule has 0 bridgehead atoms. The van der Waals surface area contributed by atoms with Gasteiger partial charge in [0.1, 0.15) is 18.5 Å². The number of rotatable bonds is 8. The second kappa shape index (κ2) is 9.93. The average molecular weight is 363 g/mol. The van der Waals surface area contributed by atoms with E-state index in [-0.39, 0.29) is 18.5 Å². The number of hydrogen-bond donors (Lipinski definition) is 1. The fourth-order valence-corrected chi connectivity index (χ4v) is 3.35. The van der Waals surface area contributed by atoms with Crippen molar-refractivity contribution in [2.24, 2.45) is 5.92 Å². The number of aliphatic hydroxyl groups is 1. The largest absolute Gasteiger partial charge is 0.491 e. The lowest BCUT2D eigenvalue weighted by atomic mass is 9.97. The monoisotopic (exact) mass is 363 g/mol. The molecule has 1 aromatic carbocycles. The van der Waals surface area contributed by atoms with Crippen molar-refractivity contribution in [2.45, 2.75) is 52.6 Å². The second-order valence-electron chi connectivity index (χ2n) is 7.53. The summed E-state index contributed by atoms with van der Waals surface area (Å²) in [5, 5.41) is 10.3. The van der Waals surface area contributed by atoms with Crippen LogP contribution in [0.1, 0.15) is 50.7 Å². The molecule has 1 heterocycles. The number of hydrogen-bond acceptors (Lipinski definition) is 5. The van der Waals surface area contributed by atoms with Gasteiger partial charge in [-0.15, -0.1) is 0 Å². The SMILES string of the molecule is CCOC(=O)C1CCN(CC(O)COc2cc(C)cc(C(C)C)c2)CC1. The van der Waals surface area contributed by atoms with E-state index in [4.69, 9.17) is 9.47 Å². The quantitative estimate of drug-likeness (QED) is 0.719. The Morgan fingerprint density at radius 3 is 2.58 bits per heavy atom. The predicted octanol–water partition coefficient (Wildman–Crippen LogP) is 3.13. The van der Waals surface area contributed by atoms with Crippen molar-refractivity contribution < 1.29 is 19.4 Å². The average Bonchev–Trinajstić information content (AvgIpc) is 2.60. The topological polar surface area (TPSA) is 59.0 Å². The van der Waals surface area contributed by atoms with Crippen molar-refractivity contribution in [1.29, 1.82) is 0 Å². The van der Waals surface area contributed by atoms with E-state index in [2.05, 4.69) is 37.8 Å². The molecule has 1 saturated heterocycles. The Bertz CT molecular complexity index is 579. The van der Waals surface area contributed by atoms with E-state index in [0.29, 0.717) is 19.1 Å². The van der Waals surface area contributed by atoms with Crippen LogP contribution in [0.15, 0.2) is 18.2 Å². The summed E-state index contributed by atoms with van der Waals surface area (Å²) in [6.45, 7) is 11.1. The second-order valence-corrected chi connectivity index (χ2v) is 7.53. The minimum atomic E-state index is -0.544. The lowest BCUT2D eigenvalue weighted by Gasteiger charge is -2.32. The number of carbonyl (C=O) groups is 1. The van der Waals surface area contributed by atoms with Gasteiger partial charge >= 0.3 is 5.97 Å². The molecule has 1 aromatic rings. The van der Waals surface area contributed by atoms with Crippen LogP contribution in [0.3, 0.4) is 0 Å². The molecule has 0 saturated carbocycles. The molecule has 1 aliphatic heterocycles. The van der Waals surface area contributed by atoms with E-state index < -0.39 is 6.10 Å². The molecule has 2 rings (SSSR count). The Labute approximate surface area is 157 Å². The summed E-state index contributed by atoms with van der Waals surface area (Å²) in [6, 6.07) is 6.22. The number of ether oxygens (including phenoxy) is 2. The Balaban J connectivity index is 1.76. The third-order valence-corrected chi connectivity index (χ3v) is 4.86. The van der Waals surface area contributed by atoms with Gasteiger partial charge in [-0.05, 0) is 69.0 Å². The zero-order chi connectivity index (χ0) is 19.1. The van der Waals surface area contributed by atoms with Crippen molar-refractivity contribution in [3.05, 3.63) is 29.3 Å². The van der Waals surface area contributed by atoms with Crippen LogP contribution in [0.2, 0.25) is 0 Å². The zero-order valence-electron chi connectivity index (χ0n) is 16.5. The Morgan fingerprint density at radius 2 is 1.96 bits per heavy atom. The lowest BCUT2D eigenvalue weighted by molar-refractivity contribution is -0.149. The van der Waals surface area contributed by atoms with Crippen molar-refractivity contribution in [3.8, 4) is 5.75 Å². The van der Waals surface area contributed by atoms with Crippen LogP contribution in [-0.2, 0) is 9.53 Å². The molecular formula is C21H33NO4. The number of aryl methyl sites for hydroxylation is 1. The summed E-state index contributed by atoms with van der Waals surface area (Å²) in [5.41, 5.74) is 2.41. The molecule has 1 N–H and O–H groups in total. The van der Waals surface area contributed by atoms with E-state index in [1.165, 1.54) is 11.1 Å². The molecule has 1 fully saturated rings. The van der Waals surface area contributed by atoms with Crippen LogP contribution >= 0.6 is 0 Å². The van der Waals surface area contributed by atoms with Gasteiger partial charge in [-0.3, -0.25) is 4.79 Å². The number of aliphatic hydroxyl groups excluding tert-OH is 1.